The van der Waals surface area contributed by atoms with E-state index in [9.17, 15) is 9.59 Å². The molecule has 0 saturated heterocycles. The predicted octanol–water partition coefficient (Wildman–Crippen LogP) is 2.14. The van der Waals surface area contributed by atoms with Crippen LogP contribution in [0.25, 0.3) is 0 Å². The van der Waals surface area contributed by atoms with Crippen LogP contribution in [0.1, 0.15) is 12.0 Å². The summed E-state index contributed by atoms with van der Waals surface area (Å²) in [6.45, 7) is 0.166. The molecule has 3 rings (SSSR count). The van der Waals surface area contributed by atoms with Gasteiger partial charge in [0.05, 0.1) is 0 Å². The summed E-state index contributed by atoms with van der Waals surface area (Å²) in [5.41, 5.74) is 1.65. The molecule has 1 unspecified atom stereocenters. The van der Waals surface area contributed by atoms with Crippen molar-refractivity contribution in [3.8, 4) is 11.5 Å². The molecule has 1 atom stereocenters. The number of rotatable bonds is 5. The number of carbonyl (C=O) groups excluding carboxylic acids is 2. The molecule has 0 fully saturated rings. The molecular weight excluding hydrogens is 320 g/mol. The van der Waals surface area contributed by atoms with E-state index in [4.69, 9.17) is 9.47 Å². The first kappa shape index (κ1) is 16.8. The average Bonchev–Trinajstić information content (AvgIpc) is 2.66. The maximum absolute atomic E-state index is 12.4. The molecule has 2 amide bonds. The lowest BCUT2D eigenvalue weighted by Gasteiger charge is -2.25. The van der Waals surface area contributed by atoms with Gasteiger partial charge in [0.25, 0.3) is 5.91 Å². The third kappa shape index (κ3) is 4.29. The van der Waals surface area contributed by atoms with Gasteiger partial charge in [-0.2, -0.15) is 0 Å². The highest BCUT2D eigenvalue weighted by molar-refractivity contribution is 5.94. The van der Waals surface area contributed by atoms with Crippen molar-refractivity contribution in [2.45, 2.75) is 18.9 Å². The third-order valence-electron chi connectivity index (χ3n) is 3.92. The fraction of sp³-hybridized carbons (Fsp3) is 0.263. The summed E-state index contributed by atoms with van der Waals surface area (Å²) in [6, 6.07) is 14.7. The molecule has 1 aliphatic heterocycles. The zero-order valence-corrected chi connectivity index (χ0v) is 14.0. The molecule has 1 heterocycles. The van der Waals surface area contributed by atoms with E-state index in [1.807, 2.05) is 30.3 Å². The van der Waals surface area contributed by atoms with Crippen LogP contribution in [-0.4, -0.2) is 31.6 Å². The quantitative estimate of drug-likeness (QED) is 0.874. The van der Waals surface area contributed by atoms with Gasteiger partial charge < -0.3 is 20.1 Å². The van der Waals surface area contributed by atoms with Gasteiger partial charge in [-0.1, -0.05) is 24.3 Å². The number of carbonyl (C=O) groups is 2. The van der Waals surface area contributed by atoms with Gasteiger partial charge in [-0.3, -0.25) is 9.59 Å². The molecule has 1 aliphatic rings. The lowest BCUT2D eigenvalue weighted by atomic mass is 10.1. The van der Waals surface area contributed by atoms with Crippen molar-refractivity contribution >= 4 is 17.5 Å². The summed E-state index contributed by atoms with van der Waals surface area (Å²) in [4.78, 5) is 23.8. The first-order valence-corrected chi connectivity index (χ1v) is 8.14. The van der Waals surface area contributed by atoms with Gasteiger partial charge in [0.1, 0.15) is 6.61 Å². The topological polar surface area (TPSA) is 76.7 Å². The smallest absolute Gasteiger partial charge is 0.269 e. The summed E-state index contributed by atoms with van der Waals surface area (Å²) >= 11 is 0. The van der Waals surface area contributed by atoms with Crippen LogP contribution in [-0.2, 0) is 16.0 Å². The predicted molar refractivity (Wildman–Crippen MR) is 93.8 cm³/mol. The van der Waals surface area contributed by atoms with Gasteiger partial charge in [0.15, 0.2) is 11.5 Å². The Morgan fingerprint density at radius 3 is 2.72 bits per heavy atom. The van der Waals surface area contributed by atoms with Crippen LogP contribution in [0.5, 0.6) is 11.5 Å². The van der Waals surface area contributed by atoms with Crippen molar-refractivity contribution in [1.82, 2.24) is 5.32 Å². The Bertz CT molecular complexity index is 776. The lowest BCUT2D eigenvalue weighted by Crippen LogP contribution is -2.40. The molecule has 0 bridgehead atoms. The Balaban J connectivity index is 1.61. The van der Waals surface area contributed by atoms with Gasteiger partial charge in [0, 0.05) is 19.2 Å². The minimum Gasteiger partial charge on any atom is -0.485 e. The monoisotopic (exact) mass is 340 g/mol. The van der Waals surface area contributed by atoms with E-state index in [2.05, 4.69) is 10.6 Å². The second-order valence-corrected chi connectivity index (χ2v) is 5.73. The summed E-state index contributed by atoms with van der Waals surface area (Å²) in [5.74, 6) is 0.926. The van der Waals surface area contributed by atoms with E-state index >= 15 is 0 Å². The van der Waals surface area contributed by atoms with E-state index in [1.165, 1.54) is 0 Å². The molecule has 2 aromatic rings. The molecule has 25 heavy (non-hydrogen) atoms. The summed E-state index contributed by atoms with van der Waals surface area (Å²) < 4.78 is 11.3. The maximum atomic E-state index is 12.4. The van der Waals surface area contributed by atoms with Gasteiger partial charge >= 0.3 is 0 Å². The minimum absolute atomic E-state index is 0.0131. The lowest BCUT2D eigenvalue weighted by molar-refractivity contribution is -0.125. The first-order valence-electron chi connectivity index (χ1n) is 8.14. The molecular formula is C19H20N2O4. The Hall–Kier alpha value is -3.02. The van der Waals surface area contributed by atoms with Crippen molar-refractivity contribution in [2.75, 3.05) is 19.0 Å². The van der Waals surface area contributed by atoms with E-state index < -0.39 is 6.10 Å². The molecule has 6 heteroatoms. The number of fused-ring (bicyclic) bond motifs is 1. The Labute approximate surface area is 146 Å². The highest BCUT2D eigenvalue weighted by Gasteiger charge is 2.27. The SMILES string of the molecule is CNC(=O)CCc1cccc(NC(=O)C2COc3ccccc3O2)c1. The van der Waals surface area contributed by atoms with Gasteiger partial charge in [0.2, 0.25) is 12.0 Å². The number of hydrogen-bond donors (Lipinski definition) is 2. The van der Waals surface area contributed by atoms with Crippen molar-refractivity contribution < 1.29 is 19.1 Å². The molecule has 0 radical (unpaired) electrons. The van der Waals surface area contributed by atoms with Crippen LogP contribution >= 0.6 is 0 Å². The minimum atomic E-state index is -0.704. The molecule has 0 spiro atoms. The van der Waals surface area contributed by atoms with Crippen LogP contribution in [0.4, 0.5) is 5.69 Å². The molecule has 2 N–H and O–H groups in total. The van der Waals surface area contributed by atoms with E-state index in [1.54, 1.807) is 25.2 Å². The number of nitrogens with one attached hydrogen (secondary N) is 2. The highest BCUT2D eigenvalue weighted by Crippen LogP contribution is 2.31. The Morgan fingerprint density at radius 1 is 1.12 bits per heavy atom. The van der Waals surface area contributed by atoms with Crippen molar-refractivity contribution in [3.63, 3.8) is 0 Å². The standard InChI is InChI=1S/C19H20N2O4/c1-20-18(22)10-9-13-5-4-6-14(11-13)21-19(23)17-12-24-15-7-2-3-8-16(15)25-17/h2-8,11,17H,9-10,12H2,1H3,(H,20,22)(H,21,23). The Morgan fingerprint density at radius 2 is 1.92 bits per heavy atom. The molecule has 130 valence electrons. The number of aryl methyl sites for hydroxylation is 1. The van der Waals surface area contributed by atoms with Gasteiger partial charge in [-0.25, -0.2) is 0 Å². The fourth-order valence-electron chi connectivity index (χ4n) is 2.56. The molecule has 0 aliphatic carbocycles. The number of amides is 2. The van der Waals surface area contributed by atoms with E-state index in [0.717, 1.165) is 5.56 Å². The van der Waals surface area contributed by atoms with E-state index in [0.29, 0.717) is 30.0 Å². The molecule has 2 aromatic carbocycles. The summed E-state index contributed by atoms with van der Waals surface area (Å²) in [5, 5.41) is 5.43. The first-order chi connectivity index (χ1) is 12.2. The van der Waals surface area contributed by atoms with Crippen LogP contribution in [0, 0.1) is 0 Å². The van der Waals surface area contributed by atoms with Crippen LogP contribution < -0.4 is 20.1 Å². The number of para-hydroxylation sites is 2. The number of ether oxygens (including phenoxy) is 2. The molecule has 0 saturated carbocycles. The zero-order valence-electron chi connectivity index (χ0n) is 14.0. The van der Waals surface area contributed by atoms with Crippen molar-refractivity contribution in [1.29, 1.82) is 0 Å². The average molecular weight is 340 g/mol. The maximum Gasteiger partial charge on any atom is 0.269 e. The highest BCUT2D eigenvalue weighted by atomic mass is 16.6. The number of benzene rings is 2. The Kier molecular flexibility index (Phi) is 5.18. The largest absolute Gasteiger partial charge is 0.485 e. The fourth-order valence-corrected chi connectivity index (χ4v) is 2.56. The van der Waals surface area contributed by atoms with Crippen molar-refractivity contribution in [2.24, 2.45) is 0 Å². The summed E-state index contributed by atoms with van der Waals surface area (Å²) in [6.07, 6.45) is 0.314. The third-order valence-corrected chi connectivity index (χ3v) is 3.92. The van der Waals surface area contributed by atoms with Crippen molar-refractivity contribution in [3.05, 3.63) is 54.1 Å². The second-order valence-electron chi connectivity index (χ2n) is 5.73. The number of anilines is 1. The number of hydrogen-bond acceptors (Lipinski definition) is 4. The molecule has 6 nitrogen and oxygen atoms in total. The van der Waals surface area contributed by atoms with E-state index in [-0.39, 0.29) is 18.4 Å². The normalized spacial score (nSPS) is 15.3. The van der Waals surface area contributed by atoms with Gasteiger partial charge in [-0.05, 0) is 36.2 Å². The van der Waals surface area contributed by atoms with Crippen LogP contribution in [0.15, 0.2) is 48.5 Å². The van der Waals surface area contributed by atoms with Gasteiger partial charge in [-0.15, -0.1) is 0 Å². The second kappa shape index (κ2) is 7.70. The molecule has 0 aromatic heterocycles. The van der Waals surface area contributed by atoms with Crippen LogP contribution in [0.2, 0.25) is 0 Å². The zero-order chi connectivity index (χ0) is 17.6. The van der Waals surface area contributed by atoms with Crippen LogP contribution in [0.3, 0.4) is 0 Å². The summed E-state index contributed by atoms with van der Waals surface area (Å²) in [7, 11) is 1.61.